The quantitative estimate of drug-likeness (QED) is 0.802. The Labute approximate surface area is 115 Å². The molecule has 1 aliphatic heterocycles. The van der Waals surface area contributed by atoms with Gasteiger partial charge in [-0.15, -0.1) is 12.4 Å². The highest BCUT2D eigenvalue weighted by Crippen LogP contribution is 2.37. The summed E-state index contributed by atoms with van der Waals surface area (Å²) >= 11 is 3.48. The Morgan fingerprint density at radius 3 is 2.88 bits per heavy atom. The fraction of sp³-hybridized carbons (Fsp3) is 0.231. The van der Waals surface area contributed by atoms with Crippen LogP contribution in [-0.2, 0) is 0 Å². The molecule has 17 heavy (non-hydrogen) atoms. The van der Waals surface area contributed by atoms with E-state index in [0.29, 0.717) is 0 Å². The van der Waals surface area contributed by atoms with Crippen molar-refractivity contribution in [2.45, 2.75) is 12.5 Å². The van der Waals surface area contributed by atoms with Gasteiger partial charge in [0, 0.05) is 22.5 Å². The van der Waals surface area contributed by atoms with E-state index in [-0.39, 0.29) is 18.4 Å². The Hall–Kier alpha value is -0.770. The second kappa shape index (κ2) is 4.84. The Morgan fingerprint density at radius 1 is 1.24 bits per heavy atom. The third-order valence-corrected chi connectivity index (χ3v) is 3.53. The highest BCUT2D eigenvalue weighted by molar-refractivity contribution is 9.10. The van der Waals surface area contributed by atoms with Crippen LogP contribution in [0.3, 0.4) is 0 Å². The molecule has 0 fully saturated rings. The van der Waals surface area contributed by atoms with Gasteiger partial charge in [0.25, 0.3) is 0 Å². The van der Waals surface area contributed by atoms with Crippen molar-refractivity contribution in [1.29, 1.82) is 0 Å². The standard InChI is InChI=1S/C13H12BrNO.ClH/c14-9-2-3-10-8(7-9)1-4-12-13(10)11(15)5-6-16-12;/h1-4,7,11H,5-6,15H2;1H/t11-;/m0./s1. The predicted molar refractivity (Wildman–Crippen MR) is 75.9 cm³/mol. The van der Waals surface area contributed by atoms with Crippen LogP contribution in [0.4, 0.5) is 0 Å². The molecule has 0 saturated carbocycles. The van der Waals surface area contributed by atoms with Crippen LogP contribution >= 0.6 is 28.3 Å². The summed E-state index contributed by atoms with van der Waals surface area (Å²) in [5.41, 5.74) is 7.31. The van der Waals surface area contributed by atoms with E-state index >= 15 is 0 Å². The molecule has 2 N–H and O–H groups in total. The van der Waals surface area contributed by atoms with E-state index in [4.69, 9.17) is 10.5 Å². The van der Waals surface area contributed by atoms with Gasteiger partial charge in [0.2, 0.25) is 0 Å². The third-order valence-electron chi connectivity index (χ3n) is 3.04. The van der Waals surface area contributed by atoms with Crippen molar-refractivity contribution < 1.29 is 4.74 Å². The second-order valence-corrected chi connectivity index (χ2v) is 5.00. The molecule has 0 bridgehead atoms. The first-order chi connectivity index (χ1) is 7.75. The molecule has 1 heterocycles. The number of hydrogen-bond acceptors (Lipinski definition) is 2. The zero-order valence-corrected chi connectivity index (χ0v) is 11.6. The van der Waals surface area contributed by atoms with Gasteiger partial charge in [0.05, 0.1) is 6.61 Å². The lowest BCUT2D eigenvalue weighted by Crippen LogP contribution is -2.20. The number of ether oxygens (including phenoxy) is 1. The lowest BCUT2D eigenvalue weighted by Gasteiger charge is -2.24. The third kappa shape index (κ3) is 2.15. The van der Waals surface area contributed by atoms with Crippen LogP contribution in [0.25, 0.3) is 10.8 Å². The number of nitrogens with two attached hydrogens (primary N) is 1. The number of rotatable bonds is 0. The maximum Gasteiger partial charge on any atom is 0.124 e. The first-order valence-corrected chi connectivity index (χ1v) is 6.15. The van der Waals surface area contributed by atoms with E-state index in [2.05, 4.69) is 34.1 Å². The number of hydrogen-bond donors (Lipinski definition) is 1. The van der Waals surface area contributed by atoms with Crippen molar-refractivity contribution in [2.24, 2.45) is 5.73 Å². The number of halogens is 2. The molecule has 2 nitrogen and oxygen atoms in total. The summed E-state index contributed by atoms with van der Waals surface area (Å²) in [6.45, 7) is 0.718. The smallest absolute Gasteiger partial charge is 0.124 e. The van der Waals surface area contributed by atoms with Crippen LogP contribution < -0.4 is 10.5 Å². The second-order valence-electron chi connectivity index (χ2n) is 4.09. The van der Waals surface area contributed by atoms with E-state index in [1.807, 2.05) is 12.1 Å². The van der Waals surface area contributed by atoms with Crippen molar-refractivity contribution in [3.8, 4) is 5.75 Å². The van der Waals surface area contributed by atoms with E-state index in [1.54, 1.807) is 0 Å². The van der Waals surface area contributed by atoms with Gasteiger partial charge >= 0.3 is 0 Å². The van der Waals surface area contributed by atoms with Gasteiger partial charge in [0.1, 0.15) is 5.75 Å². The molecule has 0 aromatic heterocycles. The maximum absolute atomic E-state index is 6.16. The Balaban J connectivity index is 0.00000108. The van der Waals surface area contributed by atoms with Crippen LogP contribution in [0, 0.1) is 0 Å². The molecule has 0 radical (unpaired) electrons. The van der Waals surface area contributed by atoms with Crippen LogP contribution in [0.2, 0.25) is 0 Å². The molecule has 2 aromatic carbocycles. The molecule has 0 saturated heterocycles. The summed E-state index contributed by atoms with van der Waals surface area (Å²) in [4.78, 5) is 0. The molecule has 90 valence electrons. The molecule has 4 heteroatoms. The summed E-state index contributed by atoms with van der Waals surface area (Å²) in [7, 11) is 0. The number of fused-ring (bicyclic) bond motifs is 3. The summed E-state index contributed by atoms with van der Waals surface area (Å²) in [5.74, 6) is 0.938. The van der Waals surface area contributed by atoms with E-state index in [1.165, 1.54) is 10.8 Å². The predicted octanol–water partition coefficient (Wildman–Crippen LogP) is 3.81. The maximum atomic E-state index is 6.16. The molecule has 3 rings (SSSR count). The molecular formula is C13H13BrClNO. The van der Waals surface area contributed by atoms with Crippen molar-refractivity contribution >= 4 is 39.1 Å². The lowest BCUT2D eigenvalue weighted by molar-refractivity contribution is 0.270. The summed E-state index contributed by atoms with van der Waals surface area (Å²) in [5, 5.41) is 2.40. The van der Waals surface area contributed by atoms with Gasteiger partial charge in [-0.2, -0.15) is 0 Å². The van der Waals surface area contributed by atoms with Gasteiger partial charge in [-0.05, 0) is 29.0 Å². The summed E-state index contributed by atoms with van der Waals surface area (Å²) < 4.78 is 6.73. The minimum Gasteiger partial charge on any atom is -0.493 e. The van der Waals surface area contributed by atoms with Gasteiger partial charge < -0.3 is 10.5 Å². The molecule has 0 amide bonds. The summed E-state index contributed by atoms with van der Waals surface area (Å²) in [6.07, 6.45) is 0.891. The molecular weight excluding hydrogens is 302 g/mol. The van der Waals surface area contributed by atoms with Crippen LogP contribution in [0.15, 0.2) is 34.8 Å². The monoisotopic (exact) mass is 313 g/mol. The lowest BCUT2D eigenvalue weighted by atomic mass is 9.95. The number of benzene rings is 2. The first kappa shape index (κ1) is 12.7. The summed E-state index contributed by atoms with van der Waals surface area (Å²) in [6, 6.07) is 10.4. The minimum absolute atomic E-state index is 0. The first-order valence-electron chi connectivity index (χ1n) is 5.36. The zero-order valence-electron chi connectivity index (χ0n) is 9.15. The normalized spacial score (nSPS) is 18.1. The van der Waals surface area contributed by atoms with Crippen molar-refractivity contribution in [1.82, 2.24) is 0 Å². The molecule has 0 unspecified atom stereocenters. The fourth-order valence-corrected chi connectivity index (χ4v) is 2.63. The van der Waals surface area contributed by atoms with E-state index < -0.39 is 0 Å². The molecule has 2 aromatic rings. The van der Waals surface area contributed by atoms with Crippen molar-refractivity contribution in [3.63, 3.8) is 0 Å². The van der Waals surface area contributed by atoms with Gasteiger partial charge in [0.15, 0.2) is 0 Å². The zero-order chi connectivity index (χ0) is 11.1. The van der Waals surface area contributed by atoms with Crippen LogP contribution in [-0.4, -0.2) is 6.61 Å². The topological polar surface area (TPSA) is 35.2 Å². The highest BCUT2D eigenvalue weighted by atomic mass is 79.9. The Kier molecular flexibility index (Phi) is 3.61. The average Bonchev–Trinajstić information content (AvgIpc) is 2.29. The Bertz CT molecular complexity index is 558. The molecule has 0 spiro atoms. The van der Waals surface area contributed by atoms with Crippen LogP contribution in [0.5, 0.6) is 5.75 Å². The largest absolute Gasteiger partial charge is 0.493 e. The molecule has 1 aliphatic rings. The average molecular weight is 315 g/mol. The molecule has 0 aliphatic carbocycles. The minimum atomic E-state index is 0. The van der Waals surface area contributed by atoms with Gasteiger partial charge in [-0.1, -0.05) is 28.1 Å². The fourth-order valence-electron chi connectivity index (χ4n) is 2.25. The highest BCUT2D eigenvalue weighted by Gasteiger charge is 2.20. The molecule has 1 atom stereocenters. The van der Waals surface area contributed by atoms with E-state index in [0.717, 1.165) is 28.8 Å². The van der Waals surface area contributed by atoms with Gasteiger partial charge in [-0.25, -0.2) is 0 Å². The van der Waals surface area contributed by atoms with Crippen molar-refractivity contribution in [2.75, 3.05) is 6.61 Å². The SMILES string of the molecule is Cl.N[C@H]1CCOc2ccc3cc(Br)ccc3c21. The Morgan fingerprint density at radius 2 is 2.06 bits per heavy atom. The van der Waals surface area contributed by atoms with E-state index in [9.17, 15) is 0 Å². The van der Waals surface area contributed by atoms with Crippen molar-refractivity contribution in [3.05, 3.63) is 40.4 Å². The van der Waals surface area contributed by atoms with Crippen LogP contribution in [0.1, 0.15) is 18.0 Å². The van der Waals surface area contributed by atoms with Gasteiger partial charge in [-0.3, -0.25) is 0 Å².